The Bertz CT molecular complexity index is 718. The van der Waals surface area contributed by atoms with Crippen LogP contribution in [-0.2, 0) is 0 Å². The average molecular weight is 329 g/mol. The predicted molar refractivity (Wildman–Crippen MR) is 95.1 cm³/mol. The number of rotatable bonds is 7. The number of hydrogen-bond donors (Lipinski definition) is 4. The topological polar surface area (TPSA) is 113 Å². The summed E-state index contributed by atoms with van der Waals surface area (Å²) in [5, 5.41) is 14.1. The Morgan fingerprint density at radius 1 is 1.21 bits per heavy atom. The van der Waals surface area contributed by atoms with E-state index in [0.29, 0.717) is 18.9 Å². The van der Waals surface area contributed by atoms with Crippen LogP contribution in [0.15, 0.2) is 24.3 Å². The van der Waals surface area contributed by atoms with E-state index in [1.165, 1.54) is 11.1 Å². The van der Waals surface area contributed by atoms with E-state index < -0.39 is 6.09 Å². The number of benzene rings is 1. The summed E-state index contributed by atoms with van der Waals surface area (Å²) in [5.41, 5.74) is 10.0. The number of unbranched alkanes of at least 4 members (excludes halogenated alkanes) is 1. The number of hydrogen-bond acceptors (Lipinski definition) is 5. The molecule has 0 aliphatic heterocycles. The van der Waals surface area contributed by atoms with Gasteiger partial charge in [0.1, 0.15) is 5.82 Å². The van der Waals surface area contributed by atoms with Crippen molar-refractivity contribution in [3.8, 4) is 11.3 Å². The number of carbonyl (C=O) groups is 1. The highest BCUT2D eigenvalue weighted by Gasteiger charge is 2.08. The van der Waals surface area contributed by atoms with E-state index in [9.17, 15) is 4.79 Å². The summed E-state index contributed by atoms with van der Waals surface area (Å²) in [4.78, 5) is 18.9. The quantitative estimate of drug-likeness (QED) is 0.581. The van der Waals surface area contributed by atoms with Gasteiger partial charge in [0.05, 0.1) is 5.69 Å². The minimum Gasteiger partial charge on any atom is -0.465 e. The first-order chi connectivity index (χ1) is 11.5. The van der Waals surface area contributed by atoms with Crippen LogP contribution in [-0.4, -0.2) is 34.3 Å². The maximum atomic E-state index is 10.4. The van der Waals surface area contributed by atoms with Gasteiger partial charge in [-0.05, 0) is 37.8 Å². The summed E-state index contributed by atoms with van der Waals surface area (Å²) in [5.74, 6) is 0.896. The van der Waals surface area contributed by atoms with Crippen molar-refractivity contribution in [3.63, 3.8) is 0 Å². The van der Waals surface area contributed by atoms with Gasteiger partial charge in [-0.25, -0.2) is 9.78 Å². The molecule has 128 valence electrons. The van der Waals surface area contributed by atoms with Gasteiger partial charge in [-0.1, -0.05) is 18.2 Å². The van der Waals surface area contributed by atoms with Crippen molar-refractivity contribution in [1.82, 2.24) is 15.3 Å². The van der Waals surface area contributed by atoms with Crippen molar-refractivity contribution in [2.45, 2.75) is 26.7 Å². The minimum atomic E-state index is -0.996. The van der Waals surface area contributed by atoms with E-state index in [1.807, 2.05) is 18.2 Å². The number of aromatic nitrogens is 2. The molecule has 5 N–H and O–H groups in total. The molecule has 0 fully saturated rings. The lowest BCUT2D eigenvalue weighted by Crippen LogP contribution is -2.22. The molecule has 1 aromatic carbocycles. The fraction of sp³-hybridized carbons (Fsp3) is 0.353. The van der Waals surface area contributed by atoms with E-state index in [0.717, 1.165) is 24.1 Å². The van der Waals surface area contributed by atoms with Crippen molar-refractivity contribution in [2.24, 2.45) is 0 Å². The lowest BCUT2D eigenvalue weighted by Gasteiger charge is -2.11. The molecule has 2 aromatic rings. The third-order valence-corrected chi connectivity index (χ3v) is 3.81. The number of nitrogens with two attached hydrogens (primary N) is 1. The lowest BCUT2D eigenvalue weighted by molar-refractivity contribution is 0.194. The average Bonchev–Trinajstić information content (AvgIpc) is 2.52. The number of anilines is 2. The monoisotopic (exact) mass is 329 g/mol. The first-order valence-corrected chi connectivity index (χ1v) is 7.89. The largest absolute Gasteiger partial charge is 0.465 e. The Labute approximate surface area is 141 Å². The Hall–Kier alpha value is -2.83. The van der Waals surface area contributed by atoms with Crippen LogP contribution in [0.25, 0.3) is 11.3 Å². The Morgan fingerprint density at radius 3 is 2.71 bits per heavy atom. The first-order valence-electron chi connectivity index (χ1n) is 7.89. The molecule has 7 heteroatoms. The zero-order valence-electron chi connectivity index (χ0n) is 14.0. The highest BCUT2D eigenvalue weighted by molar-refractivity contribution is 5.68. The standard InChI is InChI=1S/C17H23N5O2/c1-11-6-5-7-13(12(11)2)14-10-15(22-16(18)21-14)19-8-3-4-9-20-17(23)24/h5-7,10,20H,3-4,8-9H2,1-2H3,(H,23,24)(H3,18,19,21,22). The van der Waals surface area contributed by atoms with Crippen LogP contribution >= 0.6 is 0 Å². The van der Waals surface area contributed by atoms with Crippen LogP contribution in [0.4, 0.5) is 16.6 Å². The van der Waals surface area contributed by atoms with E-state index >= 15 is 0 Å². The van der Waals surface area contributed by atoms with Crippen molar-refractivity contribution >= 4 is 17.9 Å². The highest BCUT2D eigenvalue weighted by atomic mass is 16.4. The number of aryl methyl sites for hydroxylation is 1. The summed E-state index contributed by atoms with van der Waals surface area (Å²) in [6, 6.07) is 7.96. The maximum Gasteiger partial charge on any atom is 0.404 e. The molecule has 2 rings (SSSR count). The fourth-order valence-electron chi connectivity index (χ4n) is 2.38. The number of nitrogens with zero attached hydrogens (tertiary/aromatic N) is 2. The molecule has 0 atom stereocenters. The molecule has 0 spiro atoms. The van der Waals surface area contributed by atoms with Crippen LogP contribution in [0.1, 0.15) is 24.0 Å². The summed E-state index contributed by atoms with van der Waals surface area (Å²) >= 11 is 0. The molecule has 0 aliphatic rings. The molecule has 0 saturated carbocycles. The Kier molecular flexibility index (Phi) is 5.95. The van der Waals surface area contributed by atoms with Crippen molar-refractivity contribution in [1.29, 1.82) is 0 Å². The molecule has 7 nitrogen and oxygen atoms in total. The molecule has 1 heterocycles. The van der Waals surface area contributed by atoms with Crippen LogP contribution in [0.3, 0.4) is 0 Å². The second-order valence-electron chi connectivity index (χ2n) is 5.61. The van der Waals surface area contributed by atoms with Gasteiger partial charge in [0.15, 0.2) is 0 Å². The molecular formula is C17H23N5O2. The van der Waals surface area contributed by atoms with Crippen molar-refractivity contribution in [3.05, 3.63) is 35.4 Å². The third kappa shape index (κ3) is 4.84. The zero-order chi connectivity index (χ0) is 17.5. The number of amides is 1. The van der Waals surface area contributed by atoms with E-state index in [2.05, 4.69) is 40.5 Å². The van der Waals surface area contributed by atoms with Gasteiger partial charge >= 0.3 is 6.09 Å². The van der Waals surface area contributed by atoms with Gasteiger partial charge in [0, 0.05) is 24.7 Å². The summed E-state index contributed by atoms with van der Waals surface area (Å²) < 4.78 is 0. The Balaban J connectivity index is 2.01. The second-order valence-corrected chi connectivity index (χ2v) is 5.61. The zero-order valence-corrected chi connectivity index (χ0v) is 14.0. The second kappa shape index (κ2) is 8.14. The number of carboxylic acid groups (broad SMARTS) is 1. The molecule has 1 aromatic heterocycles. The molecule has 0 aliphatic carbocycles. The smallest absolute Gasteiger partial charge is 0.404 e. The van der Waals surface area contributed by atoms with E-state index in [1.54, 1.807) is 0 Å². The lowest BCUT2D eigenvalue weighted by atomic mass is 10.0. The fourth-order valence-corrected chi connectivity index (χ4v) is 2.38. The van der Waals surface area contributed by atoms with Crippen LogP contribution in [0.2, 0.25) is 0 Å². The van der Waals surface area contributed by atoms with E-state index in [-0.39, 0.29) is 5.95 Å². The van der Waals surface area contributed by atoms with Crippen LogP contribution < -0.4 is 16.4 Å². The first kappa shape index (κ1) is 17.5. The van der Waals surface area contributed by atoms with Crippen molar-refractivity contribution < 1.29 is 9.90 Å². The normalized spacial score (nSPS) is 10.4. The maximum absolute atomic E-state index is 10.4. The van der Waals surface area contributed by atoms with Crippen LogP contribution in [0.5, 0.6) is 0 Å². The Morgan fingerprint density at radius 2 is 1.96 bits per heavy atom. The van der Waals surface area contributed by atoms with Crippen molar-refractivity contribution in [2.75, 3.05) is 24.1 Å². The summed E-state index contributed by atoms with van der Waals surface area (Å²) in [7, 11) is 0. The van der Waals surface area contributed by atoms with E-state index in [4.69, 9.17) is 10.8 Å². The summed E-state index contributed by atoms with van der Waals surface area (Å²) in [6.45, 7) is 5.25. The van der Waals surface area contributed by atoms with Crippen LogP contribution in [0, 0.1) is 13.8 Å². The highest BCUT2D eigenvalue weighted by Crippen LogP contribution is 2.25. The molecule has 0 bridgehead atoms. The molecule has 24 heavy (non-hydrogen) atoms. The van der Waals surface area contributed by atoms with Gasteiger partial charge in [-0.15, -0.1) is 0 Å². The SMILES string of the molecule is Cc1cccc(-c2cc(NCCCCNC(=O)O)nc(N)n2)c1C. The predicted octanol–water partition coefficient (Wildman–Crippen LogP) is 2.80. The minimum absolute atomic E-state index is 0.225. The molecule has 0 saturated heterocycles. The molecular weight excluding hydrogens is 306 g/mol. The summed E-state index contributed by atoms with van der Waals surface area (Å²) in [6.07, 6.45) is 0.580. The third-order valence-electron chi connectivity index (χ3n) is 3.81. The number of nitrogens with one attached hydrogen (secondary N) is 2. The molecule has 1 amide bonds. The van der Waals surface area contributed by atoms with Gasteiger partial charge in [0.25, 0.3) is 0 Å². The number of nitrogen functional groups attached to an aromatic ring is 1. The van der Waals surface area contributed by atoms with Gasteiger partial charge in [0.2, 0.25) is 5.95 Å². The van der Waals surface area contributed by atoms with Gasteiger partial charge < -0.3 is 21.5 Å². The molecule has 0 unspecified atom stereocenters. The van der Waals surface area contributed by atoms with Gasteiger partial charge in [-0.3, -0.25) is 0 Å². The molecule has 0 radical (unpaired) electrons. The van der Waals surface area contributed by atoms with Gasteiger partial charge in [-0.2, -0.15) is 4.98 Å².